The lowest BCUT2D eigenvalue weighted by atomic mass is 9.84. The van der Waals surface area contributed by atoms with E-state index in [0.717, 1.165) is 0 Å². The first-order valence-corrected chi connectivity index (χ1v) is 4.54. The van der Waals surface area contributed by atoms with Crippen molar-refractivity contribution in [3.05, 3.63) is 35.9 Å². The maximum absolute atomic E-state index is 11.4. The Morgan fingerprint density at radius 3 is 2.29 bits per heavy atom. The second-order valence-electron chi connectivity index (χ2n) is 3.48. The number of aliphatic hydroxyl groups is 1. The first-order valence-electron chi connectivity index (χ1n) is 4.54. The average molecular weight is 193 g/mol. The van der Waals surface area contributed by atoms with E-state index in [1.54, 1.807) is 31.2 Å². The number of rotatable bonds is 3. The molecule has 0 aliphatic heterocycles. The maximum atomic E-state index is 11.4. The van der Waals surface area contributed by atoms with Crippen LogP contribution in [-0.4, -0.2) is 16.9 Å². The van der Waals surface area contributed by atoms with Crippen molar-refractivity contribution in [2.75, 3.05) is 0 Å². The SMILES string of the molecule is CC(=O)[C@](O)(c1ccccc1)[C@@H](C)N. The van der Waals surface area contributed by atoms with E-state index in [0.29, 0.717) is 5.56 Å². The van der Waals surface area contributed by atoms with E-state index in [1.807, 2.05) is 6.07 Å². The zero-order valence-electron chi connectivity index (χ0n) is 8.40. The third-order valence-corrected chi connectivity index (χ3v) is 2.41. The van der Waals surface area contributed by atoms with Crippen molar-refractivity contribution < 1.29 is 9.90 Å². The van der Waals surface area contributed by atoms with Crippen LogP contribution in [-0.2, 0) is 10.4 Å². The second kappa shape index (κ2) is 3.90. The molecule has 1 rings (SSSR count). The van der Waals surface area contributed by atoms with Crippen molar-refractivity contribution in [1.82, 2.24) is 0 Å². The van der Waals surface area contributed by atoms with Crippen molar-refractivity contribution in [1.29, 1.82) is 0 Å². The van der Waals surface area contributed by atoms with Gasteiger partial charge in [0, 0.05) is 6.04 Å². The van der Waals surface area contributed by atoms with E-state index in [4.69, 9.17) is 5.73 Å². The lowest BCUT2D eigenvalue weighted by Crippen LogP contribution is -2.48. The molecule has 0 saturated carbocycles. The molecule has 0 heterocycles. The lowest BCUT2D eigenvalue weighted by Gasteiger charge is -2.29. The Morgan fingerprint density at radius 1 is 1.43 bits per heavy atom. The highest BCUT2D eigenvalue weighted by Gasteiger charge is 2.38. The van der Waals surface area contributed by atoms with Gasteiger partial charge in [0.25, 0.3) is 0 Å². The second-order valence-corrected chi connectivity index (χ2v) is 3.48. The molecule has 3 heteroatoms. The molecular formula is C11H15NO2. The van der Waals surface area contributed by atoms with Crippen LogP contribution < -0.4 is 5.73 Å². The molecule has 0 amide bonds. The maximum Gasteiger partial charge on any atom is 0.167 e. The average Bonchev–Trinajstić information content (AvgIpc) is 2.17. The molecule has 0 radical (unpaired) electrons. The Morgan fingerprint density at radius 2 is 1.93 bits per heavy atom. The zero-order chi connectivity index (χ0) is 10.8. The topological polar surface area (TPSA) is 63.3 Å². The van der Waals surface area contributed by atoms with E-state index in [9.17, 15) is 9.90 Å². The molecule has 0 bridgehead atoms. The van der Waals surface area contributed by atoms with Gasteiger partial charge in [-0.2, -0.15) is 0 Å². The predicted molar refractivity (Wildman–Crippen MR) is 54.7 cm³/mol. The van der Waals surface area contributed by atoms with Crippen LogP contribution in [0.4, 0.5) is 0 Å². The summed E-state index contributed by atoms with van der Waals surface area (Å²) in [4.78, 5) is 11.4. The number of ketones is 1. The largest absolute Gasteiger partial charge is 0.376 e. The van der Waals surface area contributed by atoms with E-state index < -0.39 is 11.6 Å². The minimum absolute atomic E-state index is 0.335. The van der Waals surface area contributed by atoms with Gasteiger partial charge < -0.3 is 10.8 Å². The highest BCUT2D eigenvalue weighted by atomic mass is 16.3. The van der Waals surface area contributed by atoms with Gasteiger partial charge in [-0.3, -0.25) is 4.79 Å². The summed E-state index contributed by atoms with van der Waals surface area (Å²) in [6, 6.07) is 8.14. The molecule has 0 aliphatic carbocycles. The Balaban J connectivity index is 3.20. The van der Waals surface area contributed by atoms with E-state index >= 15 is 0 Å². The Kier molecular flexibility index (Phi) is 3.03. The molecule has 76 valence electrons. The first-order chi connectivity index (χ1) is 6.49. The van der Waals surface area contributed by atoms with Gasteiger partial charge in [-0.25, -0.2) is 0 Å². The molecule has 2 atom stereocenters. The number of hydrogen-bond donors (Lipinski definition) is 2. The summed E-state index contributed by atoms with van der Waals surface area (Å²) in [6.45, 7) is 2.96. The predicted octanol–water partition coefficient (Wildman–Crippen LogP) is 0.810. The summed E-state index contributed by atoms with van der Waals surface area (Å²) in [7, 11) is 0. The quantitative estimate of drug-likeness (QED) is 0.746. The van der Waals surface area contributed by atoms with Crippen molar-refractivity contribution >= 4 is 5.78 Å². The van der Waals surface area contributed by atoms with Gasteiger partial charge in [-0.05, 0) is 19.4 Å². The molecule has 14 heavy (non-hydrogen) atoms. The number of carbonyl (C=O) groups is 1. The lowest BCUT2D eigenvalue weighted by molar-refractivity contribution is -0.137. The highest BCUT2D eigenvalue weighted by molar-refractivity contribution is 5.86. The summed E-state index contributed by atoms with van der Waals surface area (Å²) in [5.74, 6) is -0.335. The van der Waals surface area contributed by atoms with E-state index in [-0.39, 0.29) is 5.78 Å². The van der Waals surface area contributed by atoms with Crippen LogP contribution in [0.2, 0.25) is 0 Å². The van der Waals surface area contributed by atoms with Gasteiger partial charge in [-0.15, -0.1) is 0 Å². The highest BCUT2D eigenvalue weighted by Crippen LogP contribution is 2.24. The zero-order valence-corrected chi connectivity index (χ0v) is 8.40. The number of carbonyl (C=O) groups excluding carboxylic acids is 1. The number of Topliss-reactive ketones (excluding diaryl/α,β-unsaturated/α-hetero) is 1. The van der Waals surface area contributed by atoms with Gasteiger partial charge >= 0.3 is 0 Å². The summed E-state index contributed by atoms with van der Waals surface area (Å²) in [5.41, 5.74) is 4.61. The molecule has 0 saturated heterocycles. The first kappa shape index (κ1) is 10.9. The number of hydrogen-bond acceptors (Lipinski definition) is 3. The fourth-order valence-electron chi connectivity index (χ4n) is 1.48. The van der Waals surface area contributed by atoms with Crippen LogP contribution >= 0.6 is 0 Å². The van der Waals surface area contributed by atoms with Crippen molar-refractivity contribution in [3.63, 3.8) is 0 Å². The molecule has 1 aromatic rings. The van der Waals surface area contributed by atoms with Crippen molar-refractivity contribution in [2.24, 2.45) is 5.73 Å². The van der Waals surface area contributed by atoms with Gasteiger partial charge in [0.05, 0.1) is 0 Å². The van der Waals surface area contributed by atoms with Crippen molar-refractivity contribution in [2.45, 2.75) is 25.5 Å². The monoisotopic (exact) mass is 193 g/mol. The molecular weight excluding hydrogens is 178 g/mol. The Bertz CT molecular complexity index is 321. The summed E-state index contributed by atoms with van der Waals surface area (Å²) in [6.07, 6.45) is 0. The minimum atomic E-state index is -1.57. The Hall–Kier alpha value is -1.19. The van der Waals surface area contributed by atoms with Gasteiger partial charge in [0.2, 0.25) is 0 Å². The number of nitrogens with two attached hydrogens (primary N) is 1. The van der Waals surface area contributed by atoms with E-state index in [2.05, 4.69) is 0 Å². The van der Waals surface area contributed by atoms with Crippen molar-refractivity contribution in [3.8, 4) is 0 Å². The van der Waals surface area contributed by atoms with Gasteiger partial charge in [-0.1, -0.05) is 30.3 Å². The Labute approximate surface area is 83.6 Å². The van der Waals surface area contributed by atoms with Crippen LogP contribution in [0, 0.1) is 0 Å². The molecule has 0 aromatic heterocycles. The van der Waals surface area contributed by atoms with Crippen LogP contribution in [0.15, 0.2) is 30.3 Å². The van der Waals surface area contributed by atoms with Gasteiger partial charge in [0.1, 0.15) is 0 Å². The molecule has 0 unspecified atom stereocenters. The number of benzene rings is 1. The fraction of sp³-hybridized carbons (Fsp3) is 0.364. The van der Waals surface area contributed by atoms with Crippen LogP contribution in [0.1, 0.15) is 19.4 Å². The smallest absolute Gasteiger partial charge is 0.167 e. The van der Waals surface area contributed by atoms with Crippen LogP contribution in [0.25, 0.3) is 0 Å². The standard InChI is InChI=1S/C11H15NO2/c1-8(12)11(14,9(2)13)10-6-4-3-5-7-10/h3-8,14H,12H2,1-2H3/t8-,11+/m1/s1. The molecule has 0 aliphatic rings. The third kappa shape index (κ3) is 1.69. The van der Waals surface area contributed by atoms with E-state index in [1.165, 1.54) is 6.92 Å². The summed E-state index contributed by atoms with van der Waals surface area (Å²) >= 11 is 0. The molecule has 3 nitrogen and oxygen atoms in total. The van der Waals surface area contributed by atoms with Crippen LogP contribution in [0.5, 0.6) is 0 Å². The third-order valence-electron chi connectivity index (χ3n) is 2.41. The normalized spacial score (nSPS) is 17.1. The summed E-state index contributed by atoms with van der Waals surface area (Å²) in [5, 5.41) is 10.2. The van der Waals surface area contributed by atoms with Crippen LogP contribution in [0.3, 0.4) is 0 Å². The fourth-order valence-corrected chi connectivity index (χ4v) is 1.48. The molecule has 0 spiro atoms. The summed E-state index contributed by atoms with van der Waals surface area (Å²) < 4.78 is 0. The molecule has 0 fully saturated rings. The van der Waals surface area contributed by atoms with Gasteiger partial charge in [0.15, 0.2) is 11.4 Å². The minimum Gasteiger partial charge on any atom is -0.376 e. The molecule has 1 aromatic carbocycles. The molecule has 3 N–H and O–H groups in total.